The molecule has 7 nitrogen and oxygen atoms in total. The topological polar surface area (TPSA) is 69.5 Å². The van der Waals surface area contributed by atoms with Crippen LogP contribution in [0.5, 0.6) is 11.5 Å². The third-order valence-corrected chi connectivity index (χ3v) is 5.64. The summed E-state index contributed by atoms with van der Waals surface area (Å²) in [4.78, 5) is 16.7. The number of carbonyl (C=O) groups excluding carboxylic acids is 1. The van der Waals surface area contributed by atoms with Crippen molar-refractivity contribution in [2.24, 2.45) is 0 Å². The number of ether oxygens (including phenoxy) is 2. The molecule has 0 saturated carbocycles. The van der Waals surface area contributed by atoms with Crippen LogP contribution < -0.4 is 9.47 Å². The van der Waals surface area contributed by atoms with Crippen LogP contribution in [0.3, 0.4) is 0 Å². The SMILES string of the molecule is COc1ccc(CCN2C(=O)c3ccccc3C2n2nc3ccccc3n2)cc1OC. The molecule has 31 heavy (non-hydrogen) atoms. The number of hydrogen-bond donors (Lipinski definition) is 0. The van der Waals surface area contributed by atoms with E-state index in [1.54, 1.807) is 19.0 Å². The first-order valence-electron chi connectivity index (χ1n) is 10.1. The average Bonchev–Trinajstić information content (AvgIpc) is 3.36. The van der Waals surface area contributed by atoms with E-state index in [4.69, 9.17) is 9.47 Å². The third kappa shape index (κ3) is 3.28. The highest BCUT2D eigenvalue weighted by atomic mass is 16.5. The number of aromatic nitrogens is 3. The number of methoxy groups -OCH3 is 2. The van der Waals surface area contributed by atoms with Gasteiger partial charge < -0.3 is 14.4 Å². The first kappa shape index (κ1) is 19.1. The Morgan fingerprint density at radius 2 is 1.55 bits per heavy atom. The lowest BCUT2D eigenvalue weighted by atomic mass is 10.1. The highest BCUT2D eigenvalue weighted by molar-refractivity contribution is 5.99. The quantitative estimate of drug-likeness (QED) is 0.481. The van der Waals surface area contributed by atoms with Gasteiger partial charge in [-0.15, -0.1) is 0 Å². The molecule has 0 saturated heterocycles. The first-order valence-corrected chi connectivity index (χ1v) is 10.1. The number of amides is 1. The fourth-order valence-corrected chi connectivity index (χ4v) is 4.09. The van der Waals surface area contributed by atoms with E-state index in [1.807, 2.05) is 71.6 Å². The van der Waals surface area contributed by atoms with Gasteiger partial charge in [-0.2, -0.15) is 15.0 Å². The van der Waals surface area contributed by atoms with E-state index in [2.05, 4.69) is 10.2 Å². The van der Waals surface area contributed by atoms with Crippen LogP contribution in [0.1, 0.15) is 27.7 Å². The maximum Gasteiger partial charge on any atom is 0.256 e. The van der Waals surface area contributed by atoms with Crippen molar-refractivity contribution in [1.82, 2.24) is 19.9 Å². The molecule has 0 N–H and O–H groups in total. The normalized spacial score (nSPS) is 15.4. The number of nitrogens with zero attached hydrogens (tertiary/aromatic N) is 4. The van der Waals surface area contributed by atoms with Gasteiger partial charge in [-0.25, -0.2) is 0 Å². The molecule has 0 bridgehead atoms. The largest absolute Gasteiger partial charge is 0.493 e. The van der Waals surface area contributed by atoms with Crippen LogP contribution >= 0.6 is 0 Å². The molecule has 0 radical (unpaired) electrons. The van der Waals surface area contributed by atoms with Crippen LogP contribution in [0.15, 0.2) is 66.7 Å². The summed E-state index contributed by atoms with van der Waals surface area (Å²) in [5.74, 6) is 1.34. The van der Waals surface area contributed by atoms with E-state index < -0.39 is 0 Å². The smallest absolute Gasteiger partial charge is 0.256 e. The minimum Gasteiger partial charge on any atom is -0.493 e. The molecule has 156 valence electrons. The summed E-state index contributed by atoms with van der Waals surface area (Å²) in [7, 11) is 3.23. The lowest BCUT2D eigenvalue weighted by Crippen LogP contribution is -2.35. The molecule has 2 heterocycles. The van der Waals surface area contributed by atoms with Gasteiger partial charge in [0.15, 0.2) is 17.7 Å². The number of rotatable bonds is 6. The zero-order chi connectivity index (χ0) is 21.4. The predicted molar refractivity (Wildman–Crippen MR) is 116 cm³/mol. The van der Waals surface area contributed by atoms with Crippen LogP contribution in [0.25, 0.3) is 11.0 Å². The summed E-state index contributed by atoms with van der Waals surface area (Å²) in [6, 6.07) is 21.2. The molecule has 0 spiro atoms. The van der Waals surface area contributed by atoms with Gasteiger partial charge in [-0.05, 0) is 42.3 Å². The maximum atomic E-state index is 13.3. The molecule has 1 aliphatic rings. The van der Waals surface area contributed by atoms with Gasteiger partial charge in [0.2, 0.25) is 0 Å². The monoisotopic (exact) mass is 414 g/mol. The summed E-state index contributed by atoms with van der Waals surface area (Å²) in [6.07, 6.45) is 0.286. The van der Waals surface area contributed by atoms with E-state index >= 15 is 0 Å². The fourth-order valence-electron chi connectivity index (χ4n) is 4.09. The minimum atomic E-state index is -0.378. The second-order valence-corrected chi connectivity index (χ2v) is 7.41. The summed E-state index contributed by atoms with van der Waals surface area (Å²) >= 11 is 0. The fraction of sp³-hybridized carbons (Fsp3) is 0.208. The molecule has 0 fully saturated rings. The van der Waals surface area contributed by atoms with Crippen LogP contribution in [0.4, 0.5) is 0 Å². The summed E-state index contributed by atoms with van der Waals surface area (Å²) < 4.78 is 10.7. The molecule has 0 aliphatic carbocycles. The van der Waals surface area contributed by atoms with Crippen LogP contribution in [0, 0.1) is 0 Å². The second-order valence-electron chi connectivity index (χ2n) is 7.41. The van der Waals surface area contributed by atoms with Gasteiger partial charge in [0.1, 0.15) is 11.0 Å². The van der Waals surface area contributed by atoms with E-state index in [-0.39, 0.29) is 12.1 Å². The lowest BCUT2D eigenvalue weighted by Gasteiger charge is -2.24. The molecular formula is C24H22N4O3. The lowest BCUT2D eigenvalue weighted by molar-refractivity contribution is 0.0676. The van der Waals surface area contributed by atoms with Crippen molar-refractivity contribution in [3.05, 3.63) is 83.4 Å². The molecule has 5 rings (SSSR count). The van der Waals surface area contributed by atoms with Crippen molar-refractivity contribution in [2.75, 3.05) is 20.8 Å². The maximum absolute atomic E-state index is 13.3. The Hall–Kier alpha value is -3.87. The predicted octanol–water partition coefficient (Wildman–Crippen LogP) is 3.69. The van der Waals surface area contributed by atoms with Crippen molar-refractivity contribution in [2.45, 2.75) is 12.6 Å². The van der Waals surface area contributed by atoms with Crippen LogP contribution in [-0.4, -0.2) is 46.6 Å². The molecule has 4 aromatic rings. The summed E-state index contributed by atoms with van der Waals surface area (Å²) in [6.45, 7) is 0.519. The molecule has 3 aromatic carbocycles. The Kier molecular flexibility index (Phi) is 4.78. The Morgan fingerprint density at radius 3 is 2.26 bits per heavy atom. The first-order chi connectivity index (χ1) is 15.2. The molecule has 1 aliphatic heterocycles. The standard InChI is InChI=1S/C24H22N4O3/c1-30-21-12-11-16(15-22(21)31-2)13-14-27-23(17-7-3-4-8-18(17)24(27)29)28-25-19-9-5-6-10-20(19)26-28/h3-12,15,23H,13-14H2,1-2H3. The Labute approximate surface area is 179 Å². The van der Waals surface area contributed by atoms with Crippen molar-refractivity contribution >= 4 is 16.9 Å². The number of carbonyl (C=O) groups is 1. The van der Waals surface area contributed by atoms with Gasteiger partial charge in [0.05, 0.1) is 14.2 Å². The van der Waals surface area contributed by atoms with E-state index in [0.717, 1.165) is 22.2 Å². The Morgan fingerprint density at radius 1 is 0.871 bits per heavy atom. The highest BCUT2D eigenvalue weighted by Gasteiger charge is 2.38. The summed E-state index contributed by atoms with van der Waals surface area (Å²) in [5, 5.41) is 9.32. The third-order valence-electron chi connectivity index (χ3n) is 5.64. The Balaban J connectivity index is 1.48. The van der Waals surface area contributed by atoms with Crippen LogP contribution in [0.2, 0.25) is 0 Å². The van der Waals surface area contributed by atoms with Gasteiger partial charge in [0.25, 0.3) is 5.91 Å². The zero-order valence-electron chi connectivity index (χ0n) is 17.4. The Bertz CT molecular complexity index is 1230. The molecule has 1 atom stereocenters. The number of fused-ring (bicyclic) bond motifs is 2. The summed E-state index contributed by atoms with van der Waals surface area (Å²) in [5.41, 5.74) is 4.28. The van der Waals surface area contributed by atoms with Gasteiger partial charge >= 0.3 is 0 Å². The molecule has 1 unspecified atom stereocenters. The average molecular weight is 414 g/mol. The van der Waals surface area contributed by atoms with Gasteiger partial charge in [-0.1, -0.05) is 36.4 Å². The van der Waals surface area contributed by atoms with Crippen molar-refractivity contribution in [3.8, 4) is 11.5 Å². The van der Waals surface area contributed by atoms with Crippen molar-refractivity contribution < 1.29 is 14.3 Å². The zero-order valence-corrected chi connectivity index (χ0v) is 17.4. The van der Waals surface area contributed by atoms with E-state index in [9.17, 15) is 4.79 Å². The van der Waals surface area contributed by atoms with Crippen LogP contribution in [-0.2, 0) is 6.42 Å². The molecule has 1 amide bonds. The molecular weight excluding hydrogens is 392 g/mol. The van der Waals surface area contributed by atoms with E-state index in [0.29, 0.717) is 30.0 Å². The van der Waals surface area contributed by atoms with Gasteiger partial charge in [-0.3, -0.25) is 4.79 Å². The van der Waals surface area contributed by atoms with Crippen molar-refractivity contribution in [3.63, 3.8) is 0 Å². The van der Waals surface area contributed by atoms with E-state index in [1.165, 1.54) is 0 Å². The number of hydrogen-bond acceptors (Lipinski definition) is 5. The minimum absolute atomic E-state index is 0.0116. The van der Waals surface area contributed by atoms with Gasteiger partial charge in [0, 0.05) is 17.7 Å². The highest BCUT2D eigenvalue weighted by Crippen LogP contribution is 2.35. The van der Waals surface area contributed by atoms with Crippen molar-refractivity contribution in [1.29, 1.82) is 0 Å². The number of benzene rings is 3. The second kappa shape index (κ2) is 7.75. The molecule has 1 aromatic heterocycles. The molecule has 7 heteroatoms.